The van der Waals surface area contributed by atoms with Crippen molar-refractivity contribution in [2.24, 2.45) is 0 Å². The van der Waals surface area contributed by atoms with Crippen molar-refractivity contribution < 1.29 is 9.53 Å². The van der Waals surface area contributed by atoms with Crippen LogP contribution in [0, 0.1) is 0 Å². The minimum absolute atomic E-state index is 0.0225. The molecule has 0 unspecified atom stereocenters. The van der Waals surface area contributed by atoms with Gasteiger partial charge in [-0.1, -0.05) is 11.6 Å². The highest BCUT2D eigenvalue weighted by Gasteiger charge is 2.25. The fraction of sp³-hybridized carbons (Fsp3) is 0.462. The van der Waals surface area contributed by atoms with Crippen LogP contribution in [0.1, 0.15) is 10.4 Å². The van der Waals surface area contributed by atoms with Gasteiger partial charge < -0.3 is 10.1 Å². The Bertz CT molecular complexity index is 445. The number of nitrogens with zero attached hydrogens (tertiary/aromatic N) is 1. The molecule has 2 rings (SSSR count). The zero-order valence-electron chi connectivity index (χ0n) is 10.6. The number of rotatable bonds is 5. The van der Waals surface area contributed by atoms with Gasteiger partial charge in [-0.15, -0.1) is 0 Å². The van der Waals surface area contributed by atoms with E-state index >= 15 is 0 Å². The summed E-state index contributed by atoms with van der Waals surface area (Å²) in [5.41, 5.74) is 0.604. The van der Waals surface area contributed by atoms with E-state index in [1.54, 1.807) is 25.2 Å². The van der Waals surface area contributed by atoms with Gasteiger partial charge in [0, 0.05) is 18.7 Å². The number of benzene rings is 1. The number of likely N-dealkylation sites (tertiary alicyclic amines) is 1. The number of ketones is 1. The van der Waals surface area contributed by atoms with Crippen molar-refractivity contribution in [3.63, 3.8) is 0 Å². The Hall–Kier alpha value is -1.10. The maximum absolute atomic E-state index is 11.7. The minimum Gasteiger partial charge on any atom is -0.486 e. The lowest BCUT2D eigenvalue weighted by molar-refractivity contribution is 0.0389. The van der Waals surface area contributed by atoms with E-state index in [9.17, 15) is 4.79 Å². The molecule has 0 saturated carbocycles. The molecule has 0 aliphatic carbocycles. The second-order valence-electron chi connectivity index (χ2n) is 4.56. The Morgan fingerprint density at radius 3 is 2.83 bits per heavy atom. The molecule has 18 heavy (non-hydrogen) atoms. The Morgan fingerprint density at radius 1 is 1.56 bits per heavy atom. The topological polar surface area (TPSA) is 41.6 Å². The van der Waals surface area contributed by atoms with Gasteiger partial charge in [0.05, 0.1) is 11.6 Å². The highest BCUT2D eigenvalue weighted by molar-refractivity contribution is 6.32. The van der Waals surface area contributed by atoms with Gasteiger partial charge >= 0.3 is 0 Å². The Labute approximate surface area is 112 Å². The molecule has 0 amide bonds. The van der Waals surface area contributed by atoms with Gasteiger partial charge in [-0.2, -0.15) is 0 Å². The van der Waals surface area contributed by atoms with Crippen LogP contribution in [-0.2, 0) is 0 Å². The molecule has 0 spiro atoms. The molecular formula is C13H17ClN2O2. The predicted molar refractivity (Wildman–Crippen MR) is 71.6 cm³/mol. The van der Waals surface area contributed by atoms with Gasteiger partial charge in [-0.3, -0.25) is 9.69 Å². The Morgan fingerprint density at radius 2 is 2.28 bits per heavy atom. The van der Waals surface area contributed by atoms with Gasteiger partial charge in [0.25, 0.3) is 0 Å². The summed E-state index contributed by atoms with van der Waals surface area (Å²) >= 11 is 6.12. The van der Waals surface area contributed by atoms with E-state index in [1.165, 1.54) is 0 Å². The second-order valence-corrected chi connectivity index (χ2v) is 4.97. The predicted octanol–water partition coefficient (Wildman–Crippen LogP) is 1.43. The molecule has 98 valence electrons. The molecule has 1 aromatic rings. The Kier molecular flexibility index (Phi) is 4.22. The fourth-order valence-corrected chi connectivity index (χ4v) is 2.15. The molecule has 0 aromatic heterocycles. The van der Waals surface area contributed by atoms with Crippen LogP contribution >= 0.6 is 11.6 Å². The van der Waals surface area contributed by atoms with E-state index in [0.29, 0.717) is 22.9 Å². The number of hydrogen-bond acceptors (Lipinski definition) is 4. The average molecular weight is 269 g/mol. The number of Topliss-reactive ketones (excluding diaryl/α,β-unsaturated/α-hetero) is 1. The molecule has 1 aromatic carbocycles. The molecule has 5 heteroatoms. The summed E-state index contributed by atoms with van der Waals surface area (Å²) in [6.07, 6.45) is 0.200. The van der Waals surface area contributed by atoms with Crippen molar-refractivity contribution in [2.45, 2.75) is 6.10 Å². The number of nitrogens with one attached hydrogen (secondary N) is 1. The van der Waals surface area contributed by atoms with E-state index < -0.39 is 0 Å². The van der Waals surface area contributed by atoms with Crippen molar-refractivity contribution in [2.75, 3.05) is 33.7 Å². The van der Waals surface area contributed by atoms with E-state index in [1.807, 2.05) is 7.05 Å². The minimum atomic E-state index is 0.0225. The highest BCUT2D eigenvalue weighted by Crippen LogP contribution is 2.28. The summed E-state index contributed by atoms with van der Waals surface area (Å²) in [5.74, 6) is 0.671. The molecule has 1 saturated heterocycles. The van der Waals surface area contributed by atoms with E-state index in [0.717, 1.165) is 13.1 Å². The van der Waals surface area contributed by atoms with Crippen LogP contribution in [0.5, 0.6) is 5.75 Å². The number of carbonyl (C=O) groups excluding carboxylic acids is 1. The van der Waals surface area contributed by atoms with Crippen molar-refractivity contribution in [1.82, 2.24) is 10.2 Å². The number of halogens is 1. The first-order chi connectivity index (χ1) is 8.60. The van der Waals surface area contributed by atoms with Crippen molar-refractivity contribution in [1.29, 1.82) is 0 Å². The van der Waals surface area contributed by atoms with Crippen molar-refractivity contribution >= 4 is 17.4 Å². The third-order valence-corrected chi connectivity index (χ3v) is 3.21. The van der Waals surface area contributed by atoms with Gasteiger partial charge in [0.2, 0.25) is 0 Å². The first kappa shape index (κ1) is 13.3. The lowest BCUT2D eigenvalue weighted by Crippen LogP contribution is -2.51. The van der Waals surface area contributed by atoms with Crippen molar-refractivity contribution in [3.8, 4) is 5.75 Å². The Balaban J connectivity index is 2.03. The number of hydrogen-bond donors (Lipinski definition) is 1. The van der Waals surface area contributed by atoms with Crippen LogP contribution in [-0.4, -0.2) is 50.5 Å². The van der Waals surface area contributed by atoms with E-state index in [-0.39, 0.29) is 11.9 Å². The molecule has 0 bridgehead atoms. The molecule has 1 N–H and O–H groups in total. The van der Waals surface area contributed by atoms with Crippen LogP contribution in [0.2, 0.25) is 5.02 Å². The second kappa shape index (κ2) is 5.69. The maximum Gasteiger partial charge on any atom is 0.176 e. The van der Waals surface area contributed by atoms with Gasteiger partial charge in [0.15, 0.2) is 5.78 Å². The zero-order chi connectivity index (χ0) is 13.1. The highest BCUT2D eigenvalue weighted by atomic mass is 35.5. The standard InChI is InChI=1S/C13H17ClN2O2/c1-15-6-12(17)9-3-4-13(11(14)5-9)18-10-7-16(2)8-10/h3-5,10,15H,6-8H2,1-2H3. The van der Waals surface area contributed by atoms with Crippen LogP contribution in [0.3, 0.4) is 0 Å². The first-order valence-electron chi connectivity index (χ1n) is 5.92. The summed E-state index contributed by atoms with van der Waals surface area (Å²) < 4.78 is 5.75. The summed E-state index contributed by atoms with van der Waals surface area (Å²) in [6.45, 7) is 2.14. The fourth-order valence-electron chi connectivity index (χ4n) is 1.93. The largest absolute Gasteiger partial charge is 0.486 e. The van der Waals surface area contributed by atoms with E-state index in [2.05, 4.69) is 10.2 Å². The molecule has 0 atom stereocenters. The SMILES string of the molecule is CNCC(=O)c1ccc(OC2CN(C)C2)c(Cl)c1. The number of likely N-dealkylation sites (N-methyl/N-ethyl adjacent to an activating group) is 2. The molecule has 1 aliphatic rings. The maximum atomic E-state index is 11.7. The summed E-state index contributed by atoms with van der Waals surface area (Å²) in [4.78, 5) is 13.8. The summed E-state index contributed by atoms with van der Waals surface area (Å²) in [6, 6.07) is 5.19. The molecule has 1 aliphatic heterocycles. The monoisotopic (exact) mass is 268 g/mol. The average Bonchev–Trinajstić information content (AvgIpc) is 2.29. The van der Waals surface area contributed by atoms with Crippen LogP contribution < -0.4 is 10.1 Å². The third kappa shape index (κ3) is 3.02. The normalized spacial score (nSPS) is 16.4. The third-order valence-electron chi connectivity index (χ3n) is 2.92. The molecule has 1 heterocycles. The zero-order valence-corrected chi connectivity index (χ0v) is 11.3. The van der Waals surface area contributed by atoms with Gasteiger partial charge in [-0.25, -0.2) is 0 Å². The molecule has 0 radical (unpaired) electrons. The van der Waals surface area contributed by atoms with Crippen LogP contribution in [0.4, 0.5) is 0 Å². The lowest BCUT2D eigenvalue weighted by atomic mass is 10.1. The van der Waals surface area contributed by atoms with Gasteiger partial charge in [0.1, 0.15) is 11.9 Å². The summed E-state index contributed by atoms with van der Waals surface area (Å²) in [5, 5.41) is 3.32. The van der Waals surface area contributed by atoms with Crippen molar-refractivity contribution in [3.05, 3.63) is 28.8 Å². The lowest BCUT2D eigenvalue weighted by Gasteiger charge is -2.36. The molecule has 1 fully saturated rings. The van der Waals surface area contributed by atoms with Crippen LogP contribution in [0.15, 0.2) is 18.2 Å². The molecule has 4 nitrogen and oxygen atoms in total. The van der Waals surface area contributed by atoms with Crippen LogP contribution in [0.25, 0.3) is 0 Å². The molecular weight excluding hydrogens is 252 g/mol. The summed E-state index contributed by atoms with van der Waals surface area (Å²) in [7, 11) is 3.78. The first-order valence-corrected chi connectivity index (χ1v) is 6.30. The van der Waals surface area contributed by atoms with E-state index in [4.69, 9.17) is 16.3 Å². The number of ether oxygens (including phenoxy) is 1. The smallest absolute Gasteiger partial charge is 0.176 e. The quantitative estimate of drug-likeness (QED) is 0.821. The van der Waals surface area contributed by atoms with Gasteiger partial charge in [-0.05, 0) is 32.3 Å². The number of carbonyl (C=O) groups is 1.